The van der Waals surface area contributed by atoms with Gasteiger partial charge >= 0.3 is 0 Å². The molecule has 0 radical (unpaired) electrons. The SMILES string of the molecule is COCc1ccnc(C#CCN(c2cc(OC)cc(OC)c2)c2ccc3ncc(-c4cnn(C)c4)nc3c2)n1. The number of hydrogen-bond donors (Lipinski definition) is 0. The van der Waals surface area contributed by atoms with E-state index >= 15 is 0 Å². The third kappa shape index (κ3) is 5.95. The number of benzene rings is 2. The average molecular weight is 522 g/mol. The Morgan fingerprint density at radius 1 is 0.872 bits per heavy atom. The summed E-state index contributed by atoms with van der Waals surface area (Å²) in [5.41, 5.74) is 5.65. The van der Waals surface area contributed by atoms with Crippen LogP contribution >= 0.6 is 0 Å². The summed E-state index contributed by atoms with van der Waals surface area (Å²) in [4.78, 5) is 20.2. The third-order valence-corrected chi connectivity index (χ3v) is 5.93. The van der Waals surface area contributed by atoms with Gasteiger partial charge in [0.15, 0.2) is 0 Å². The highest BCUT2D eigenvalue weighted by Crippen LogP contribution is 2.34. The number of ether oxygens (including phenoxy) is 3. The fraction of sp³-hybridized carbons (Fsp3) is 0.207. The second-order valence-electron chi connectivity index (χ2n) is 8.59. The summed E-state index contributed by atoms with van der Waals surface area (Å²) in [5, 5.41) is 4.25. The van der Waals surface area contributed by atoms with Crippen LogP contribution in [0.3, 0.4) is 0 Å². The Morgan fingerprint density at radius 3 is 2.41 bits per heavy atom. The minimum absolute atomic E-state index is 0.343. The lowest BCUT2D eigenvalue weighted by Crippen LogP contribution is -2.17. The molecule has 10 nitrogen and oxygen atoms in total. The van der Waals surface area contributed by atoms with Crippen molar-refractivity contribution in [3.63, 3.8) is 0 Å². The summed E-state index contributed by atoms with van der Waals surface area (Å²) in [6.45, 7) is 0.738. The molecule has 2 aromatic carbocycles. The van der Waals surface area contributed by atoms with Gasteiger partial charge < -0.3 is 19.1 Å². The molecule has 0 aliphatic rings. The highest BCUT2D eigenvalue weighted by molar-refractivity contribution is 5.83. The molecule has 0 fully saturated rings. The van der Waals surface area contributed by atoms with Crippen molar-refractivity contribution >= 4 is 22.4 Å². The normalized spacial score (nSPS) is 10.7. The van der Waals surface area contributed by atoms with Crippen molar-refractivity contribution in [3.05, 3.63) is 78.8 Å². The van der Waals surface area contributed by atoms with E-state index in [1.807, 2.05) is 49.6 Å². The van der Waals surface area contributed by atoms with Crippen molar-refractivity contribution in [2.75, 3.05) is 32.8 Å². The number of aryl methyl sites for hydroxylation is 1. The van der Waals surface area contributed by atoms with Crippen LogP contribution in [0.5, 0.6) is 11.5 Å². The van der Waals surface area contributed by atoms with Gasteiger partial charge in [0.05, 0.1) is 62.2 Å². The number of aromatic nitrogens is 6. The minimum atomic E-state index is 0.343. The molecule has 3 heterocycles. The highest BCUT2D eigenvalue weighted by Gasteiger charge is 2.14. The first-order valence-corrected chi connectivity index (χ1v) is 12.1. The Hall–Kier alpha value is -5.01. The van der Waals surface area contributed by atoms with Gasteiger partial charge in [0, 0.05) is 61.7 Å². The largest absolute Gasteiger partial charge is 0.497 e. The summed E-state index contributed by atoms with van der Waals surface area (Å²) >= 11 is 0. The Labute approximate surface area is 226 Å². The van der Waals surface area contributed by atoms with Crippen LogP contribution in [0.25, 0.3) is 22.3 Å². The smallest absolute Gasteiger partial charge is 0.205 e. The summed E-state index contributed by atoms with van der Waals surface area (Å²) < 4.78 is 18.0. The lowest BCUT2D eigenvalue weighted by molar-refractivity contribution is 0.181. The van der Waals surface area contributed by atoms with Crippen molar-refractivity contribution in [2.24, 2.45) is 7.05 Å². The molecular weight excluding hydrogens is 494 g/mol. The van der Waals surface area contributed by atoms with Crippen LogP contribution in [0.2, 0.25) is 0 Å². The van der Waals surface area contributed by atoms with Crippen LogP contribution < -0.4 is 14.4 Å². The topological polar surface area (TPSA) is 100 Å². The van der Waals surface area contributed by atoms with Gasteiger partial charge in [0.2, 0.25) is 5.82 Å². The van der Waals surface area contributed by atoms with E-state index < -0.39 is 0 Å². The molecule has 196 valence electrons. The fourth-order valence-electron chi connectivity index (χ4n) is 4.02. The first-order valence-electron chi connectivity index (χ1n) is 12.1. The molecule has 5 aromatic rings. The van der Waals surface area contributed by atoms with E-state index in [-0.39, 0.29) is 0 Å². The van der Waals surface area contributed by atoms with Crippen molar-refractivity contribution < 1.29 is 14.2 Å². The van der Waals surface area contributed by atoms with E-state index in [4.69, 9.17) is 19.2 Å². The lowest BCUT2D eigenvalue weighted by Gasteiger charge is -2.24. The molecule has 0 saturated carbocycles. The predicted octanol–water partition coefficient (Wildman–Crippen LogP) is 4.17. The predicted molar refractivity (Wildman–Crippen MR) is 148 cm³/mol. The Morgan fingerprint density at radius 2 is 1.69 bits per heavy atom. The summed E-state index contributed by atoms with van der Waals surface area (Å²) in [6, 6.07) is 13.4. The van der Waals surface area contributed by atoms with E-state index in [1.165, 1.54) is 0 Å². The molecular formula is C29H27N7O3. The molecule has 0 atom stereocenters. The Bertz CT molecular complexity index is 1650. The summed E-state index contributed by atoms with van der Waals surface area (Å²) in [5.74, 6) is 8.04. The zero-order chi connectivity index (χ0) is 27.2. The maximum atomic E-state index is 5.53. The molecule has 0 bridgehead atoms. The molecule has 0 unspecified atom stereocenters. The van der Waals surface area contributed by atoms with Gasteiger partial charge in [-0.1, -0.05) is 5.92 Å². The van der Waals surface area contributed by atoms with Gasteiger partial charge in [-0.05, 0) is 30.2 Å². The van der Waals surface area contributed by atoms with Gasteiger partial charge in [-0.2, -0.15) is 5.10 Å². The van der Waals surface area contributed by atoms with Crippen LogP contribution in [-0.4, -0.2) is 57.6 Å². The van der Waals surface area contributed by atoms with Crippen molar-refractivity contribution in [1.29, 1.82) is 0 Å². The van der Waals surface area contributed by atoms with Gasteiger partial charge in [-0.25, -0.2) is 15.0 Å². The maximum absolute atomic E-state index is 5.53. The van der Waals surface area contributed by atoms with Crippen LogP contribution in [0.4, 0.5) is 11.4 Å². The Kier molecular flexibility index (Phi) is 7.61. The van der Waals surface area contributed by atoms with Gasteiger partial charge in [0.25, 0.3) is 0 Å². The molecule has 0 saturated heterocycles. The fourth-order valence-corrected chi connectivity index (χ4v) is 4.02. The van der Waals surface area contributed by atoms with Crippen LogP contribution in [0.15, 0.2) is 67.3 Å². The first kappa shape index (κ1) is 25.6. The summed E-state index contributed by atoms with van der Waals surface area (Å²) in [6.07, 6.45) is 7.12. The molecule has 0 aliphatic heterocycles. The van der Waals surface area contributed by atoms with E-state index in [0.29, 0.717) is 30.5 Å². The lowest BCUT2D eigenvalue weighted by atomic mass is 10.2. The quantitative estimate of drug-likeness (QED) is 0.279. The molecule has 5 rings (SSSR count). The molecule has 10 heteroatoms. The third-order valence-electron chi connectivity index (χ3n) is 5.93. The number of methoxy groups -OCH3 is 3. The van der Waals surface area contributed by atoms with Crippen LogP contribution in [-0.2, 0) is 18.4 Å². The molecule has 0 amide bonds. The maximum Gasteiger partial charge on any atom is 0.205 e. The van der Waals surface area contributed by atoms with Gasteiger partial charge in [-0.3, -0.25) is 9.67 Å². The monoisotopic (exact) mass is 521 g/mol. The minimum Gasteiger partial charge on any atom is -0.497 e. The van der Waals surface area contributed by atoms with E-state index in [9.17, 15) is 0 Å². The first-order chi connectivity index (χ1) is 19.1. The summed E-state index contributed by atoms with van der Waals surface area (Å²) in [7, 11) is 6.74. The second-order valence-corrected chi connectivity index (χ2v) is 8.59. The zero-order valence-electron chi connectivity index (χ0n) is 22.1. The van der Waals surface area contributed by atoms with Crippen molar-refractivity contribution in [2.45, 2.75) is 6.61 Å². The van der Waals surface area contributed by atoms with Crippen LogP contribution in [0, 0.1) is 11.8 Å². The zero-order valence-corrected chi connectivity index (χ0v) is 22.1. The van der Waals surface area contributed by atoms with E-state index in [0.717, 1.165) is 39.4 Å². The van der Waals surface area contributed by atoms with E-state index in [2.05, 4.69) is 36.8 Å². The molecule has 0 aliphatic carbocycles. The highest BCUT2D eigenvalue weighted by atomic mass is 16.5. The average Bonchev–Trinajstić information content (AvgIpc) is 3.41. The second kappa shape index (κ2) is 11.6. The molecule has 39 heavy (non-hydrogen) atoms. The number of hydrogen-bond acceptors (Lipinski definition) is 9. The Balaban J connectivity index is 1.55. The molecule has 0 spiro atoms. The van der Waals surface area contributed by atoms with Crippen molar-refractivity contribution in [1.82, 2.24) is 29.7 Å². The number of nitrogens with zero attached hydrogens (tertiary/aromatic N) is 7. The van der Waals surface area contributed by atoms with E-state index in [1.54, 1.807) is 50.7 Å². The van der Waals surface area contributed by atoms with Gasteiger partial charge in [-0.15, -0.1) is 0 Å². The number of fused-ring (bicyclic) bond motifs is 1. The molecule has 3 aromatic heterocycles. The number of anilines is 2. The number of rotatable bonds is 8. The molecule has 0 N–H and O–H groups in total. The van der Waals surface area contributed by atoms with Gasteiger partial charge in [0.1, 0.15) is 11.5 Å². The van der Waals surface area contributed by atoms with Crippen molar-refractivity contribution in [3.8, 4) is 34.6 Å². The van der Waals surface area contributed by atoms with Crippen LogP contribution in [0.1, 0.15) is 11.5 Å². The standard InChI is InChI=1S/C29H27N7O3/c1-35-18-20(16-32-35)28-17-31-26-8-7-22(14-27(26)34-28)36(23-12-24(38-3)15-25(13-23)39-4)11-5-6-29-30-10-9-21(33-29)19-37-2/h7-10,12-18H,11,19H2,1-4H3.